The van der Waals surface area contributed by atoms with E-state index in [0.29, 0.717) is 6.61 Å². The van der Waals surface area contributed by atoms with Crippen LogP contribution in [0.1, 0.15) is 11.3 Å². The van der Waals surface area contributed by atoms with Gasteiger partial charge < -0.3 is 10.1 Å². The highest BCUT2D eigenvalue weighted by molar-refractivity contribution is 5.45. The summed E-state index contributed by atoms with van der Waals surface area (Å²) in [5.41, 5.74) is 3.42. The van der Waals surface area contributed by atoms with Crippen LogP contribution in [0.4, 0.5) is 5.69 Å². The maximum Gasteiger partial charge on any atom is 0.0713 e. The number of hydrogen-bond donors (Lipinski definition) is 1. The lowest BCUT2D eigenvalue weighted by atomic mass is 10.2. The van der Waals surface area contributed by atoms with Crippen LogP contribution in [0.2, 0.25) is 0 Å². The number of anilines is 1. The van der Waals surface area contributed by atoms with Crippen molar-refractivity contribution >= 4 is 5.69 Å². The molecule has 0 aliphatic heterocycles. The van der Waals surface area contributed by atoms with E-state index >= 15 is 0 Å². The quantitative estimate of drug-likeness (QED) is 0.857. The molecule has 17 heavy (non-hydrogen) atoms. The van der Waals surface area contributed by atoms with Crippen molar-refractivity contribution in [1.29, 1.82) is 0 Å². The van der Waals surface area contributed by atoms with Crippen LogP contribution in [0, 0.1) is 0 Å². The number of nitrogens with one attached hydrogen (secondary N) is 1. The van der Waals surface area contributed by atoms with E-state index in [1.165, 1.54) is 5.56 Å². The van der Waals surface area contributed by atoms with Gasteiger partial charge in [-0.15, -0.1) is 0 Å². The molecule has 0 amide bonds. The van der Waals surface area contributed by atoms with E-state index in [1.807, 2.05) is 23.9 Å². The average Bonchev–Trinajstić information content (AvgIpc) is 2.73. The highest BCUT2D eigenvalue weighted by Gasteiger charge is 1.99. The van der Waals surface area contributed by atoms with Gasteiger partial charge in [0.2, 0.25) is 0 Å². The fourth-order valence-electron chi connectivity index (χ4n) is 1.71. The summed E-state index contributed by atoms with van der Waals surface area (Å²) < 4.78 is 6.98. The molecule has 0 unspecified atom stereocenters. The molecule has 4 nitrogen and oxygen atoms in total. The number of rotatable bonds is 5. The lowest BCUT2D eigenvalue weighted by molar-refractivity contribution is 0.185. The molecule has 1 aromatic heterocycles. The van der Waals surface area contributed by atoms with Gasteiger partial charge in [-0.05, 0) is 23.8 Å². The number of aromatic nitrogens is 2. The summed E-state index contributed by atoms with van der Waals surface area (Å²) in [4.78, 5) is 0. The van der Waals surface area contributed by atoms with Crippen LogP contribution in [0.5, 0.6) is 0 Å². The summed E-state index contributed by atoms with van der Waals surface area (Å²) in [6.07, 6.45) is 1.80. The number of methoxy groups -OCH3 is 1. The summed E-state index contributed by atoms with van der Waals surface area (Å²) >= 11 is 0. The Labute approximate surface area is 101 Å². The second kappa shape index (κ2) is 5.50. The minimum absolute atomic E-state index is 0.640. The molecule has 0 radical (unpaired) electrons. The minimum Gasteiger partial charge on any atom is -0.380 e. The molecule has 1 aromatic carbocycles. The third-order valence-electron chi connectivity index (χ3n) is 2.63. The molecule has 2 aromatic rings. The molecule has 0 atom stereocenters. The van der Waals surface area contributed by atoms with Crippen molar-refractivity contribution in [2.45, 2.75) is 13.2 Å². The van der Waals surface area contributed by atoms with E-state index in [-0.39, 0.29) is 0 Å². The molecule has 4 heteroatoms. The number of ether oxygens (including phenoxy) is 1. The smallest absolute Gasteiger partial charge is 0.0713 e. The predicted molar refractivity (Wildman–Crippen MR) is 67.7 cm³/mol. The molecule has 2 rings (SSSR count). The molecule has 1 N–H and O–H groups in total. The SMILES string of the molecule is COCc1cccc(NCc2ccnn2C)c1. The van der Waals surface area contributed by atoms with E-state index < -0.39 is 0 Å². The normalized spacial score (nSPS) is 10.5. The molecule has 0 aliphatic rings. The number of nitrogens with zero attached hydrogens (tertiary/aromatic N) is 2. The van der Waals surface area contributed by atoms with E-state index in [0.717, 1.165) is 17.9 Å². The summed E-state index contributed by atoms with van der Waals surface area (Å²) in [6.45, 7) is 1.41. The van der Waals surface area contributed by atoms with E-state index in [1.54, 1.807) is 13.3 Å². The summed E-state index contributed by atoms with van der Waals surface area (Å²) in [7, 11) is 3.65. The van der Waals surface area contributed by atoms with Gasteiger partial charge in [-0.1, -0.05) is 12.1 Å². The summed E-state index contributed by atoms with van der Waals surface area (Å²) in [5.74, 6) is 0. The number of hydrogen-bond acceptors (Lipinski definition) is 3. The second-order valence-electron chi connectivity index (χ2n) is 3.93. The van der Waals surface area contributed by atoms with E-state index in [9.17, 15) is 0 Å². The molecule has 0 bridgehead atoms. The van der Waals surface area contributed by atoms with Crippen molar-refractivity contribution in [2.24, 2.45) is 7.05 Å². The average molecular weight is 231 g/mol. The van der Waals surface area contributed by atoms with Crippen LogP contribution in [-0.4, -0.2) is 16.9 Å². The molecule has 0 saturated carbocycles. The first-order chi connectivity index (χ1) is 8.29. The summed E-state index contributed by atoms with van der Waals surface area (Å²) in [6, 6.07) is 10.2. The highest BCUT2D eigenvalue weighted by atomic mass is 16.5. The molecule has 0 saturated heterocycles. The Balaban J connectivity index is 1.99. The highest BCUT2D eigenvalue weighted by Crippen LogP contribution is 2.12. The largest absolute Gasteiger partial charge is 0.380 e. The van der Waals surface area contributed by atoms with E-state index in [4.69, 9.17) is 4.74 Å². The third kappa shape index (κ3) is 3.07. The van der Waals surface area contributed by atoms with Gasteiger partial charge in [-0.3, -0.25) is 4.68 Å². The molecule has 90 valence electrons. The van der Waals surface area contributed by atoms with E-state index in [2.05, 4.69) is 28.6 Å². The minimum atomic E-state index is 0.640. The van der Waals surface area contributed by atoms with Crippen LogP contribution in [0.15, 0.2) is 36.5 Å². The zero-order valence-corrected chi connectivity index (χ0v) is 10.2. The van der Waals surface area contributed by atoms with Crippen LogP contribution >= 0.6 is 0 Å². The lowest BCUT2D eigenvalue weighted by Gasteiger charge is -2.08. The van der Waals surface area contributed by atoms with Crippen molar-refractivity contribution in [2.75, 3.05) is 12.4 Å². The van der Waals surface area contributed by atoms with Crippen molar-refractivity contribution in [3.8, 4) is 0 Å². The first-order valence-electron chi connectivity index (χ1n) is 5.58. The van der Waals surface area contributed by atoms with Gasteiger partial charge in [-0.25, -0.2) is 0 Å². The molecule has 1 heterocycles. The molecular weight excluding hydrogens is 214 g/mol. The number of aryl methyl sites for hydroxylation is 1. The van der Waals surface area contributed by atoms with Crippen LogP contribution in [0.3, 0.4) is 0 Å². The number of benzene rings is 1. The first-order valence-corrected chi connectivity index (χ1v) is 5.58. The zero-order valence-electron chi connectivity index (χ0n) is 10.2. The van der Waals surface area contributed by atoms with Gasteiger partial charge in [0, 0.05) is 26.0 Å². The van der Waals surface area contributed by atoms with Gasteiger partial charge in [0.05, 0.1) is 18.8 Å². The Morgan fingerprint density at radius 2 is 2.24 bits per heavy atom. The third-order valence-corrected chi connectivity index (χ3v) is 2.63. The second-order valence-corrected chi connectivity index (χ2v) is 3.93. The van der Waals surface area contributed by atoms with Crippen LogP contribution < -0.4 is 5.32 Å². The first kappa shape index (κ1) is 11.7. The van der Waals surface area contributed by atoms with Crippen LogP contribution in [-0.2, 0) is 24.9 Å². The topological polar surface area (TPSA) is 39.1 Å². The zero-order chi connectivity index (χ0) is 12.1. The lowest BCUT2D eigenvalue weighted by Crippen LogP contribution is -2.05. The molecule has 0 fully saturated rings. The maximum absolute atomic E-state index is 5.11. The monoisotopic (exact) mass is 231 g/mol. The summed E-state index contributed by atoms with van der Waals surface area (Å²) in [5, 5.41) is 7.50. The van der Waals surface area contributed by atoms with Crippen LogP contribution in [0.25, 0.3) is 0 Å². The maximum atomic E-state index is 5.11. The van der Waals surface area contributed by atoms with Gasteiger partial charge in [-0.2, -0.15) is 5.10 Å². The Morgan fingerprint density at radius 3 is 2.94 bits per heavy atom. The Morgan fingerprint density at radius 1 is 1.35 bits per heavy atom. The van der Waals surface area contributed by atoms with Gasteiger partial charge >= 0.3 is 0 Å². The molecule has 0 aliphatic carbocycles. The standard InChI is InChI=1S/C13H17N3O/c1-16-13(6-7-15-16)9-14-12-5-3-4-11(8-12)10-17-2/h3-8,14H,9-10H2,1-2H3. The van der Waals surface area contributed by atoms with Crippen molar-refractivity contribution in [3.05, 3.63) is 47.8 Å². The van der Waals surface area contributed by atoms with Crippen molar-refractivity contribution in [1.82, 2.24) is 9.78 Å². The Bertz CT molecular complexity index is 479. The van der Waals surface area contributed by atoms with Gasteiger partial charge in [0.25, 0.3) is 0 Å². The van der Waals surface area contributed by atoms with Crippen molar-refractivity contribution < 1.29 is 4.74 Å². The fourth-order valence-corrected chi connectivity index (χ4v) is 1.71. The van der Waals surface area contributed by atoms with Crippen molar-refractivity contribution in [3.63, 3.8) is 0 Å². The molecule has 0 spiro atoms. The van der Waals surface area contributed by atoms with Gasteiger partial charge in [0.15, 0.2) is 0 Å². The predicted octanol–water partition coefficient (Wildman–Crippen LogP) is 2.18. The Hall–Kier alpha value is -1.81. The Kier molecular flexibility index (Phi) is 3.77. The molecular formula is C13H17N3O. The van der Waals surface area contributed by atoms with Gasteiger partial charge in [0.1, 0.15) is 0 Å². The fraction of sp³-hybridized carbons (Fsp3) is 0.308.